The van der Waals surface area contributed by atoms with Crippen molar-refractivity contribution in [2.24, 2.45) is 0 Å². The Kier molecular flexibility index (Phi) is 3.88. The molecule has 0 spiro atoms. The van der Waals surface area contributed by atoms with Crippen molar-refractivity contribution in [2.75, 3.05) is 24.6 Å². The van der Waals surface area contributed by atoms with E-state index in [0.29, 0.717) is 0 Å². The summed E-state index contributed by atoms with van der Waals surface area (Å²) in [5.41, 5.74) is 3.56. The maximum atomic E-state index is 5.97. The Balaban J connectivity index is 1.84. The van der Waals surface area contributed by atoms with Crippen LogP contribution in [0.3, 0.4) is 0 Å². The Bertz CT molecular complexity index is 621. The molecule has 1 unspecified atom stereocenters. The predicted molar refractivity (Wildman–Crippen MR) is 83.6 cm³/mol. The van der Waals surface area contributed by atoms with Crippen molar-refractivity contribution in [3.05, 3.63) is 53.0 Å². The van der Waals surface area contributed by atoms with Gasteiger partial charge in [-0.1, -0.05) is 24.3 Å². The number of ether oxygens (including phenoxy) is 1. The van der Waals surface area contributed by atoms with Crippen LogP contribution in [-0.2, 0) is 4.74 Å². The van der Waals surface area contributed by atoms with Crippen molar-refractivity contribution in [1.29, 1.82) is 0 Å². The van der Waals surface area contributed by atoms with E-state index in [4.69, 9.17) is 4.74 Å². The SMILES string of the molecule is Cc1cc(N2CCOC(c3ccccc3C)C2)nc(C)n1. The molecule has 3 rings (SSSR count). The number of hydrogen-bond acceptors (Lipinski definition) is 4. The molecule has 0 N–H and O–H groups in total. The maximum absolute atomic E-state index is 5.97. The molecule has 0 bridgehead atoms. The Morgan fingerprint density at radius 1 is 1.14 bits per heavy atom. The van der Waals surface area contributed by atoms with Gasteiger partial charge in [-0.15, -0.1) is 0 Å². The van der Waals surface area contributed by atoms with Crippen LogP contribution < -0.4 is 4.90 Å². The third kappa shape index (κ3) is 3.05. The molecule has 2 aromatic rings. The van der Waals surface area contributed by atoms with E-state index in [9.17, 15) is 0 Å². The van der Waals surface area contributed by atoms with E-state index in [2.05, 4.69) is 46.1 Å². The highest BCUT2D eigenvalue weighted by molar-refractivity contribution is 5.41. The fourth-order valence-electron chi connectivity index (χ4n) is 2.85. The molecule has 1 atom stereocenters. The van der Waals surface area contributed by atoms with Crippen LogP contribution in [0.4, 0.5) is 5.82 Å². The molecule has 4 nitrogen and oxygen atoms in total. The van der Waals surface area contributed by atoms with Crippen molar-refractivity contribution in [3.63, 3.8) is 0 Å². The van der Waals surface area contributed by atoms with E-state index < -0.39 is 0 Å². The van der Waals surface area contributed by atoms with Gasteiger partial charge in [-0.3, -0.25) is 0 Å². The minimum atomic E-state index is 0.107. The molecular formula is C17H21N3O. The lowest BCUT2D eigenvalue weighted by atomic mass is 10.0. The number of morpholine rings is 1. The van der Waals surface area contributed by atoms with E-state index >= 15 is 0 Å². The second-order valence-corrected chi connectivity index (χ2v) is 5.58. The summed E-state index contributed by atoms with van der Waals surface area (Å²) in [6.45, 7) is 8.52. The summed E-state index contributed by atoms with van der Waals surface area (Å²) >= 11 is 0. The van der Waals surface area contributed by atoms with Gasteiger partial charge in [-0.25, -0.2) is 9.97 Å². The summed E-state index contributed by atoms with van der Waals surface area (Å²) in [5, 5.41) is 0. The average Bonchev–Trinajstić information content (AvgIpc) is 2.47. The van der Waals surface area contributed by atoms with Crippen LogP contribution in [0.1, 0.15) is 28.7 Å². The number of aryl methyl sites for hydroxylation is 3. The van der Waals surface area contributed by atoms with Crippen molar-refractivity contribution < 1.29 is 4.74 Å². The monoisotopic (exact) mass is 283 g/mol. The quantitative estimate of drug-likeness (QED) is 0.849. The Labute approximate surface area is 125 Å². The largest absolute Gasteiger partial charge is 0.370 e. The minimum absolute atomic E-state index is 0.107. The first-order valence-corrected chi connectivity index (χ1v) is 7.38. The smallest absolute Gasteiger partial charge is 0.132 e. The summed E-state index contributed by atoms with van der Waals surface area (Å²) in [4.78, 5) is 11.2. The number of aromatic nitrogens is 2. The zero-order chi connectivity index (χ0) is 14.8. The zero-order valence-electron chi connectivity index (χ0n) is 12.8. The topological polar surface area (TPSA) is 38.2 Å². The molecule has 1 aliphatic rings. The zero-order valence-corrected chi connectivity index (χ0v) is 12.8. The van der Waals surface area contributed by atoms with Crippen LogP contribution in [0.15, 0.2) is 30.3 Å². The van der Waals surface area contributed by atoms with Crippen molar-refractivity contribution in [3.8, 4) is 0 Å². The van der Waals surface area contributed by atoms with Crippen molar-refractivity contribution in [1.82, 2.24) is 9.97 Å². The molecule has 0 saturated carbocycles. The first-order chi connectivity index (χ1) is 10.1. The molecule has 1 aliphatic heterocycles. The first kappa shape index (κ1) is 14.0. The summed E-state index contributed by atoms with van der Waals surface area (Å²) in [5.74, 6) is 1.82. The summed E-state index contributed by atoms with van der Waals surface area (Å²) < 4.78 is 5.97. The van der Waals surface area contributed by atoms with Gasteiger partial charge in [-0.05, 0) is 31.9 Å². The normalized spacial score (nSPS) is 18.8. The Morgan fingerprint density at radius 2 is 1.95 bits per heavy atom. The number of hydrogen-bond donors (Lipinski definition) is 0. The molecular weight excluding hydrogens is 262 g/mol. The number of rotatable bonds is 2. The van der Waals surface area contributed by atoms with Gasteiger partial charge >= 0.3 is 0 Å². The van der Waals surface area contributed by atoms with Gasteiger partial charge in [0.1, 0.15) is 17.7 Å². The summed E-state index contributed by atoms with van der Waals surface area (Å²) in [7, 11) is 0. The van der Waals surface area contributed by atoms with Gasteiger partial charge in [0.15, 0.2) is 0 Å². The molecule has 0 amide bonds. The first-order valence-electron chi connectivity index (χ1n) is 7.38. The van der Waals surface area contributed by atoms with E-state index in [-0.39, 0.29) is 6.10 Å². The van der Waals surface area contributed by atoms with Gasteiger partial charge < -0.3 is 9.64 Å². The van der Waals surface area contributed by atoms with E-state index in [1.807, 2.05) is 19.9 Å². The molecule has 1 saturated heterocycles. The van der Waals surface area contributed by atoms with Gasteiger partial charge in [0.25, 0.3) is 0 Å². The third-order valence-electron chi connectivity index (χ3n) is 3.88. The van der Waals surface area contributed by atoms with Gasteiger partial charge in [0, 0.05) is 24.8 Å². The van der Waals surface area contributed by atoms with Crippen LogP contribution in [0, 0.1) is 20.8 Å². The second kappa shape index (κ2) is 5.82. The summed E-state index contributed by atoms with van der Waals surface area (Å²) in [6, 6.07) is 10.5. The van der Waals surface area contributed by atoms with E-state index in [1.54, 1.807) is 0 Å². The van der Waals surface area contributed by atoms with Crippen molar-refractivity contribution >= 4 is 5.82 Å². The standard InChI is InChI=1S/C17H21N3O/c1-12-6-4-5-7-15(12)16-11-20(8-9-21-16)17-10-13(2)18-14(3)19-17/h4-7,10,16H,8-9,11H2,1-3H3. The number of benzene rings is 1. The van der Waals surface area contributed by atoms with Crippen LogP contribution in [0.25, 0.3) is 0 Å². The number of nitrogens with zero attached hydrogens (tertiary/aromatic N) is 3. The van der Waals surface area contributed by atoms with E-state index in [0.717, 1.165) is 37.0 Å². The molecule has 110 valence electrons. The molecule has 0 aliphatic carbocycles. The van der Waals surface area contributed by atoms with Crippen LogP contribution in [-0.4, -0.2) is 29.7 Å². The second-order valence-electron chi connectivity index (χ2n) is 5.58. The molecule has 0 radical (unpaired) electrons. The Hall–Kier alpha value is -1.94. The molecule has 1 aromatic carbocycles. The van der Waals surface area contributed by atoms with E-state index in [1.165, 1.54) is 11.1 Å². The molecule has 1 aromatic heterocycles. The highest BCUT2D eigenvalue weighted by atomic mass is 16.5. The fraction of sp³-hybridized carbons (Fsp3) is 0.412. The molecule has 4 heteroatoms. The highest BCUT2D eigenvalue weighted by Gasteiger charge is 2.24. The molecule has 21 heavy (non-hydrogen) atoms. The third-order valence-corrected chi connectivity index (χ3v) is 3.88. The van der Waals surface area contributed by atoms with Crippen molar-refractivity contribution in [2.45, 2.75) is 26.9 Å². The minimum Gasteiger partial charge on any atom is -0.370 e. The predicted octanol–water partition coefficient (Wildman–Crippen LogP) is 2.98. The molecule has 2 heterocycles. The Morgan fingerprint density at radius 3 is 2.71 bits per heavy atom. The van der Waals surface area contributed by atoms with Gasteiger partial charge in [-0.2, -0.15) is 0 Å². The average molecular weight is 283 g/mol. The van der Waals surface area contributed by atoms with Crippen LogP contribution in [0.5, 0.6) is 0 Å². The highest BCUT2D eigenvalue weighted by Crippen LogP contribution is 2.27. The van der Waals surface area contributed by atoms with Gasteiger partial charge in [0.2, 0.25) is 0 Å². The maximum Gasteiger partial charge on any atom is 0.132 e. The summed E-state index contributed by atoms with van der Waals surface area (Å²) in [6.07, 6.45) is 0.107. The number of anilines is 1. The lowest BCUT2D eigenvalue weighted by Gasteiger charge is -2.34. The van der Waals surface area contributed by atoms with Crippen LogP contribution in [0.2, 0.25) is 0 Å². The van der Waals surface area contributed by atoms with Gasteiger partial charge in [0.05, 0.1) is 6.61 Å². The van der Waals surface area contributed by atoms with Crippen LogP contribution >= 0.6 is 0 Å². The fourth-order valence-corrected chi connectivity index (χ4v) is 2.85. The lowest BCUT2D eigenvalue weighted by molar-refractivity contribution is 0.0391. The molecule has 1 fully saturated rings. The lowest BCUT2D eigenvalue weighted by Crippen LogP contribution is -2.39.